The molecule has 118 valence electrons. The van der Waals surface area contributed by atoms with Crippen molar-refractivity contribution in [2.24, 2.45) is 0 Å². The zero-order valence-corrected chi connectivity index (χ0v) is 12.0. The molecule has 1 aromatic carbocycles. The molecule has 0 bridgehead atoms. The maximum absolute atomic E-state index is 13.9. The van der Waals surface area contributed by atoms with Crippen molar-refractivity contribution in [3.8, 4) is 0 Å². The van der Waals surface area contributed by atoms with Crippen LogP contribution in [0, 0.1) is 15.9 Å². The van der Waals surface area contributed by atoms with E-state index in [1.165, 1.54) is 6.20 Å². The Morgan fingerprint density at radius 3 is 2.59 bits per heavy atom. The number of aromatic nitrogens is 1. The fraction of sp³-hybridized carbons (Fsp3) is 0.182. The number of hydrogen-bond acceptors (Lipinski definition) is 5. The molecule has 0 radical (unpaired) electrons. The van der Waals surface area contributed by atoms with Gasteiger partial charge in [0, 0.05) is 17.1 Å². The fourth-order valence-corrected chi connectivity index (χ4v) is 2.50. The molecule has 2 rings (SSSR count). The fourth-order valence-electron chi connectivity index (χ4n) is 1.58. The molecule has 2 aromatic rings. The van der Waals surface area contributed by atoms with E-state index >= 15 is 0 Å². The van der Waals surface area contributed by atoms with Crippen LogP contribution in [-0.2, 0) is 12.7 Å². The largest absolute Gasteiger partial charge is 0.416 e. The number of hydrogen-bond donors (Lipinski definition) is 1. The normalized spacial score (nSPS) is 11.5. The summed E-state index contributed by atoms with van der Waals surface area (Å²) in [5.41, 5.74) is -3.18. The number of benzene rings is 1. The van der Waals surface area contributed by atoms with Crippen LogP contribution in [0.2, 0.25) is 4.47 Å². The van der Waals surface area contributed by atoms with Crippen LogP contribution in [0.15, 0.2) is 18.3 Å². The third-order valence-corrected chi connectivity index (χ3v) is 3.67. The summed E-state index contributed by atoms with van der Waals surface area (Å²) in [6, 6.07) is 0.634. The third kappa shape index (κ3) is 3.63. The number of halogens is 5. The van der Waals surface area contributed by atoms with Gasteiger partial charge in [-0.1, -0.05) is 11.6 Å². The molecule has 0 saturated heterocycles. The SMILES string of the molecule is O=[N+]([O-])c1cc(C(F)(F)F)cc(NCc2cnc(Cl)s2)c1F. The third-order valence-electron chi connectivity index (χ3n) is 2.56. The molecule has 0 spiro atoms. The van der Waals surface area contributed by atoms with Crippen LogP contribution in [0.1, 0.15) is 10.4 Å². The van der Waals surface area contributed by atoms with Gasteiger partial charge in [0.15, 0.2) is 4.47 Å². The number of rotatable bonds is 4. The molecule has 22 heavy (non-hydrogen) atoms. The molecule has 0 fully saturated rings. The Hall–Kier alpha value is -1.94. The number of nitro benzene ring substituents is 1. The molecule has 0 aliphatic carbocycles. The highest BCUT2D eigenvalue weighted by molar-refractivity contribution is 7.15. The summed E-state index contributed by atoms with van der Waals surface area (Å²) in [5, 5.41) is 13.1. The van der Waals surface area contributed by atoms with Crippen LogP contribution >= 0.6 is 22.9 Å². The molecule has 0 aliphatic rings. The Balaban J connectivity index is 2.36. The Morgan fingerprint density at radius 1 is 1.41 bits per heavy atom. The van der Waals surface area contributed by atoms with Gasteiger partial charge in [0.05, 0.1) is 22.7 Å². The topological polar surface area (TPSA) is 68.1 Å². The smallest absolute Gasteiger partial charge is 0.377 e. The summed E-state index contributed by atoms with van der Waals surface area (Å²) in [6.07, 6.45) is -3.47. The molecular weight excluding hydrogens is 350 g/mol. The molecule has 1 heterocycles. The average Bonchev–Trinajstić information content (AvgIpc) is 2.81. The summed E-state index contributed by atoms with van der Waals surface area (Å²) in [6.45, 7) is -0.0697. The van der Waals surface area contributed by atoms with Crippen molar-refractivity contribution in [2.75, 3.05) is 5.32 Å². The molecule has 0 aliphatic heterocycles. The number of nitro groups is 1. The Morgan fingerprint density at radius 2 is 2.09 bits per heavy atom. The molecule has 0 unspecified atom stereocenters. The monoisotopic (exact) mass is 355 g/mol. The van der Waals surface area contributed by atoms with Crippen LogP contribution in [0.3, 0.4) is 0 Å². The van der Waals surface area contributed by atoms with E-state index in [1.54, 1.807) is 0 Å². The van der Waals surface area contributed by atoms with Crippen LogP contribution in [-0.4, -0.2) is 9.91 Å². The van der Waals surface area contributed by atoms with Gasteiger partial charge < -0.3 is 5.32 Å². The first kappa shape index (κ1) is 16.4. The van der Waals surface area contributed by atoms with Crippen LogP contribution in [0.25, 0.3) is 0 Å². The quantitative estimate of drug-likeness (QED) is 0.499. The molecule has 0 atom stereocenters. The highest BCUT2D eigenvalue weighted by Gasteiger charge is 2.34. The number of nitrogens with one attached hydrogen (secondary N) is 1. The molecule has 1 N–H and O–H groups in total. The van der Waals surface area contributed by atoms with Crippen molar-refractivity contribution >= 4 is 34.3 Å². The lowest BCUT2D eigenvalue weighted by atomic mass is 10.1. The van der Waals surface area contributed by atoms with Crippen molar-refractivity contribution < 1.29 is 22.5 Å². The summed E-state index contributed by atoms with van der Waals surface area (Å²) in [4.78, 5) is 13.7. The van der Waals surface area contributed by atoms with E-state index in [0.29, 0.717) is 10.9 Å². The van der Waals surface area contributed by atoms with Crippen molar-refractivity contribution in [3.05, 3.63) is 49.2 Å². The van der Waals surface area contributed by atoms with E-state index in [4.69, 9.17) is 11.6 Å². The van der Waals surface area contributed by atoms with Crippen molar-refractivity contribution in [3.63, 3.8) is 0 Å². The van der Waals surface area contributed by atoms with E-state index in [0.717, 1.165) is 11.3 Å². The van der Waals surface area contributed by atoms with Gasteiger partial charge in [-0.2, -0.15) is 17.6 Å². The van der Waals surface area contributed by atoms with Gasteiger partial charge in [-0.05, 0) is 6.07 Å². The first-order valence-electron chi connectivity index (χ1n) is 5.57. The zero-order valence-electron chi connectivity index (χ0n) is 10.4. The van der Waals surface area contributed by atoms with Gasteiger partial charge >= 0.3 is 11.9 Å². The minimum Gasteiger partial charge on any atom is -0.377 e. The minimum atomic E-state index is -4.83. The van der Waals surface area contributed by atoms with Crippen molar-refractivity contribution in [1.82, 2.24) is 4.98 Å². The second kappa shape index (κ2) is 6.05. The van der Waals surface area contributed by atoms with Gasteiger partial charge in [0.1, 0.15) is 0 Å². The highest BCUT2D eigenvalue weighted by atomic mass is 35.5. The lowest BCUT2D eigenvalue weighted by molar-refractivity contribution is -0.387. The average molecular weight is 356 g/mol. The van der Waals surface area contributed by atoms with Gasteiger partial charge in [0.2, 0.25) is 5.82 Å². The van der Waals surface area contributed by atoms with Crippen LogP contribution in [0.5, 0.6) is 0 Å². The first-order chi connectivity index (χ1) is 10.2. The van der Waals surface area contributed by atoms with Crippen LogP contribution in [0.4, 0.5) is 28.9 Å². The lowest BCUT2D eigenvalue weighted by Crippen LogP contribution is -2.10. The summed E-state index contributed by atoms with van der Waals surface area (Å²) in [7, 11) is 0. The maximum Gasteiger partial charge on any atom is 0.416 e. The molecule has 1 aromatic heterocycles. The Bertz CT molecular complexity index is 720. The second-order valence-electron chi connectivity index (χ2n) is 4.04. The second-order valence-corrected chi connectivity index (χ2v) is 5.74. The number of thiazole rings is 1. The van der Waals surface area contributed by atoms with E-state index < -0.39 is 33.9 Å². The number of alkyl halides is 3. The predicted octanol–water partition coefficient (Wildman–Crippen LogP) is 4.47. The molecule has 11 heteroatoms. The minimum absolute atomic E-state index is 0.0697. The number of nitrogens with zero attached hydrogens (tertiary/aromatic N) is 2. The molecular formula is C11H6ClF4N3O2S. The Labute approximate surface area is 129 Å². The van der Waals surface area contributed by atoms with Crippen LogP contribution < -0.4 is 5.32 Å². The molecule has 0 amide bonds. The van der Waals surface area contributed by atoms with Gasteiger partial charge in [-0.25, -0.2) is 4.98 Å². The van der Waals surface area contributed by atoms with E-state index in [2.05, 4.69) is 10.3 Å². The van der Waals surface area contributed by atoms with Crippen molar-refractivity contribution in [1.29, 1.82) is 0 Å². The highest BCUT2D eigenvalue weighted by Crippen LogP contribution is 2.36. The molecule has 5 nitrogen and oxygen atoms in total. The van der Waals surface area contributed by atoms with Gasteiger partial charge in [-0.3, -0.25) is 10.1 Å². The van der Waals surface area contributed by atoms with E-state index in [-0.39, 0.29) is 17.1 Å². The lowest BCUT2D eigenvalue weighted by Gasteiger charge is -2.11. The summed E-state index contributed by atoms with van der Waals surface area (Å²) < 4.78 is 52.2. The van der Waals surface area contributed by atoms with Crippen molar-refractivity contribution in [2.45, 2.75) is 12.7 Å². The van der Waals surface area contributed by atoms with Gasteiger partial charge in [-0.15, -0.1) is 11.3 Å². The Kier molecular flexibility index (Phi) is 4.52. The van der Waals surface area contributed by atoms with E-state index in [9.17, 15) is 27.7 Å². The summed E-state index contributed by atoms with van der Waals surface area (Å²) >= 11 is 6.64. The van der Waals surface area contributed by atoms with Gasteiger partial charge in [0.25, 0.3) is 0 Å². The zero-order chi connectivity index (χ0) is 16.5. The standard InChI is InChI=1S/C11H6ClF4N3O2S/c12-10-18-4-6(22-10)3-17-7-1-5(11(14,15)16)2-8(9(7)13)19(20)21/h1-2,4,17H,3H2. The summed E-state index contributed by atoms with van der Waals surface area (Å²) in [5.74, 6) is -1.37. The van der Waals surface area contributed by atoms with E-state index in [1.807, 2.05) is 0 Å². The number of anilines is 1. The maximum atomic E-state index is 13.9. The predicted molar refractivity (Wildman–Crippen MR) is 72.5 cm³/mol. The first-order valence-corrected chi connectivity index (χ1v) is 6.77. The molecule has 0 saturated carbocycles.